The summed E-state index contributed by atoms with van der Waals surface area (Å²) in [6.45, 7) is 3.19. The third-order valence-corrected chi connectivity index (χ3v) is 5.51. The zero-order valence-electron chi connectivity index (χ0n) is 11.8. The van der Waals surface area contributed by atoms with E-state index in [1.165, 1.54) is 6.26 Å². The van der Waals surface area contributed by atoms with Gasteiger partial charge in [-0.05, 0) is 31.1 Å². The topological polar surface area (TPSA) is 66.5 Å². The van der Waals surface area contributed by atoms with E-state index in [0.29, 0.717) is 37.4 Å². The molecule has 1 heterocycles. The van der Waals surface area contributed by atoms with Crippen molar-refractivity contribution in [2.24, 2.45) is 11.8 Å². The van der Waals surface area contributed by atoms with Crippen molar-refractivity contribution in [1.82, 2.24) is 9.62 Å². The van der Waals surface area contributed by atoms with Gasteiger partial charge in [0, 0.05) is 25.6 Å². The summed E-state index contributed by atoms with van der Waals surface area (Å²) < 4.78 is 24.7. The predicted octanol–water partition coefficient (Wildman–Crippen LogP) is 0.963. The van der Waals surface area contributed by atoms with Crippen molar-refractivity contribution in [2.75, 3.05) is 19.3 Å². The Morgan fingerprint density at radius 2 is 1.95 bits per heavy atom. The highest BCUT2D eigenvalue weighted by Crippen LogP contribution is 2.30. The Bertz CT molecular complexity index is 431. The first-order valence-electron chi connectivity index (χ1n) is 7.14. The second-order valence-electron chi connectivity index (χ2n) is 5.88. The van der Waals surface area contributed by atoms with Gasteiger partial charge in [-0.3, -0.25) is 4.79 Å². The van der Waals surface area contributed by atoms with Crippen molar-refractivity contribution in [2.45, 2.75) is 45.1 Å². The van der Waals surface area contributed by atoms with Crippen LogP contribution in [0.25, 0.3) is 0 Å². The first-order valence-corrected chi connectivity index (χ1v) is 8.99. The summed E-state index contributed by atoms with van der Waals surface area (Å²) in [5.41, 5.74) is 0. The summed E-state index contributed by atoms with van der Waals surface area (Å²) in [5.74, 6) is 0.758. The van der Waals surface area contributed by atoms with E-state index in [1.54, 1.807) is 4.31 Å². The number of piperidine rings is 1. The molecular weight excluding hydrogens is 264 g/mol. The van der Waals surface area contributed by atoms with Gasteiger partial charge in [0.15, 0.2) is 0 Å². The third kappa shape index (κ3) is 4.18. The number of nitrogens with one attached hydrogen (secondary N) is 1. The average Bonchev–Trinajstić information content (AvgIpc) is 3.11. The average molecular weight is 288 g/mol. The number of amides is 1. The molecule has 1 aliphatic heterocycles. The Balaban J connectivity index is 1.89. The van der Waals surface area contributed by atoms with E-state index in [2.05, 4.69) is 12.2 Å². The van der Waals surface area contributed by atoms with E-state index in [-0.39, 0.29) is 5.91 Å². The highest BCUT2D eigenvalue weighted by molar-refractivity contribution is 7.88. The van der Waals surface area contributed by atoms with Crippen LogP contribution < -0.4 is 5.32 Å². The van der Waals surface area contributed by atoms with Crippen LogP contribution in [0.2, 0.25) is 0 Å². The lowest BCUT2D eigenvalue weighted by atomic mass is 9.82. The van der Waals surface area contributed by atoms with Gasteiger partial charge in [0.05, 0.1) is 6.26 Å². The zero-order chi connectivity index (χ0) is 14.0. The maximum atomic E-state index is 11.9. The summed E-state index contributed by atoms with van der Waals surface area (Å²) in [7, 11) is -3.10. The zero-order valence-corrected chi connectivity index (χ0v) is 12.6. The molecule has 0 aromatic rings. The summed E-state index contributed by atoms with van der Waals surface area (Å²) in [4.78, 5) is 11.9. The molecule has 0 aromatic heterocycles. The van der Waals surface area contributed by atoms with Crippen molar-refractivity contribution in [3.8, 4) is 0 Å². The molecule has 0 unspecified atom stereocenters. The molecule has 0 radical (unpaired) electrons. The van der Waals surface area contributed by atoms with Crippen LogP contribution in [0.1, 0.15) is 39.0 Å². The van der Waals surface area contributed by atoms with Crippen molar-refractivity contribution in [1.29, 1.82) is 0 Å². The highest BCUT2D eigenvalue weighted by Gasteiger charge is 2.34. The van der Waals surface area contributed by atoms with E-state index in [9.17, 15) is 13.2 Å². The number of carbonyl (C=O) groups excluding carboxylic acids is 1. The fraction of sp³-hybridized carbons (Fsp3) is 0.923. The molecular formula is C13H24N2O3S. The van der Waals surface area contributed by atoms with Crippen LogP contribution in [0.3, 0.4) is 0 Å². The first-order chi connectivity index (χ1) is 8.90. The quantitative estimate of drug-likeness (QED) is 0.819. The van der Waals surface area contributed by atoms with Gasteiger partial charge in [-0.1, -0.05) is 13.3 Å². The Labute approximate surface area is 115 Å². The van der Waals surface area contributed by atoms with Gasteiger partial charge >= 0.3 is 0 Å². The number of carbonyl (C=O) groups is 1. The Kier molecular flexibility index (Phi) is 4.50. The number of hydrogen-bond acceptors (Lipinski definition) is 3. The minimum Gasteiger partial charge on any atom is -0.353 e. The molecule has 2 atom stereocenters. The minimum absolute atomic E-state index is 0.138. The predicted molar refractivity (Wildman–Crippen MR) is 74.1 cm³/mol. The lowest BCUT2D eigenvalue weighted by Gasteiger charge is -2.36. The summed E-state index contributed by atoms with van der Waals surface area (Å²) >= 11 is 0. The van der Waals surface area contributed by atoms with E-state index < -0.39 is 10.0 Å². The number of hydrogen-bond donors (Lipinski definition) is 1. The second-order valence-corrected chi connectivity index (χ2v) is 7.87. The lowest BCUT2D eigenvalue weighted by Crippen LogP contribution is -2.44. The lowest BCUT2D eigenvalue weighted by molar-refractivity contribution is -0.122. The number of rotatable bonds is 5. The van der Waals surface area contributed by atoms with Crippen LogP contribution in [-0.2, 0) is 14.8 Å². The molecule has 5 nitrogen and oxygen atoms in total. The third-order valence-electron chi connectivity index (χ3n) is 4.24. The van der Waals surface area contributed by atoms with Crippen LogP contribution in [0.4, 0.5) is 0 Å². The fourth-order valence-corrected chi connectivity index (χ4v) is 3.73. The van der Waals surface area contributed by atoms with Gasteiger partial charge in [0.2, 0.25) is 15.9 Å². The van der Waals surface area contributed by atoms with Gasteiger partial charge in [0.25, 0.3) is 0 Å². The van der Waals surface area contributed by atoms with Gasteiger partial charge in [-0.25, -0.2) is 12.7 Å². The smallest absolute Gasteiger partial charge is 0.220 e. The van der Waals surface area contributed by atoms with Gasteiger partial charge in [0.1, 0.15) is 0 Å². The van der Waals surface area contributed by atoms with E-state index in [1.807, 2.05) is 0 Å². The molecule has 0 bridgehead atoms. The SMILES string of the molecule is CC[C@H]1CN(S(C)(=O)=O)CC[C@H]1CC(=O)NC1CC1. The fourth-order valence-electron chi connectivity index (χ4n) is 2.83. The maximum absolute atomic E-state index is 11.9. The minimum atomic E-state index is -3.10. The molecule has 2 aliphatic rings. The number of nitrogens with zero attached hydrogens (tertiary/aromatic N) is 1. The second kappa shape index (κ2) is 5.79. The van der Waals surface area contributed by atoms with Gasteiger partial charge in [-0.2, -0.15) is 0 Å². The van der Waals surface area contributed by atoms with Crippen LogP contribution in [0, 0.1) is 11.8 Å². The highest BCUT2D eigenvalue weighted by atomic mass is 32.2. The van der Waals surface area contributed by atoms with Crippen molar-refractivity contribution in [3.63, 3.8) is 0 Å². The van der Waals surface area contributed by atoms with E-state index >= 15 is 0 Å². The normalized spacial score (nSPS) is 29.2. The van der Waals surface area contributed by atoms with E-state index in [4.69, 9.17) is 0 Å². The Morgan fingerprint density at radius 1 is 1.26 bits per heavy atom. The monoisotopic (exact) mass is 288 g/mol. The molecule has 1 saturated carbocycles. The standard InChI is InChI=1S/C13H24N2O3S/c1-3-10-9-15(19(2,17)18)7-6-11(10)8-13(16)14-12-4-5-12/h10-12H,3-9H2,1-2H3,(H,14,16)/t10-,11-/m0/s1. The Hall–Kier alpha value is -0.620. The molecule has 110 valence electrons. The molecule has 0 spiro atoms. The summed E-state index contributed by atoms with van der Waals surface area (Å²) in [6.07, 6.45) is 5.74. The van der Waals surface area contributed by atoms with Gasteiger partial charge < -0.3 is 5.32 Å². The largest absolute Gasteiger partial charge is 0.353 e. The molecule has 6 heteroatoms. The van der Waals surface area contributed by atoms with Crippen molar-refractivity contribution < 1.29 is 13.2 Å². The van der Waals surface area contributed by atoms with Crippen molar-refractivity contribution >= 4 is 15.9 Å². The van der Waals surface area contributed by atoms with Crippen LogP contribution in [0.5, 0.6) is 0 Å². The molecule has 0 aromatic carbocycles. The first kappa shape index (κ1) is 14.8. The number of sulfonamides is 1. The van der Waals surface area contributed by atoms with Crippen LogP contribution >= 0.6 is 0 Å². The molecule has 1 aliphatic carbocycles. The summed E-state index contributed by atoms with van der Waals surface area (Å²) in [6, 6.07) is 0.406. The summed E-state index contributed by atoms with van der Waals surface area (Å²) in [5, 5.41) is 3.02. The van der Waals surface area contributed by atoms with Crippen LogP contribution in [-0.4, -0.2) is 44.0 Å². The molecule has 1 N–H and O–H groups in total. The molecule has 19 heavy (non-hydrogen) atoms. The van der Waals surface area contributed by atoms with Crippen molar-refractivity contribution in [3.05, 3.63) is 0 Å². The van der Waals surface area contributed by atoms with Gasteiger partial charge in [-0.15, -0.1) is 0 Å². The molecule has 1 amide bonds. The molecule has 2 fully saturated rings. The van der Waals surface area contributed by atoms with Crippen LogP contribution in [0.15, 0.2) is 0 Å². The molecule has 2 rings (SSSR count). The Morgan fingerprint density at radius 3 is 2.47 bits per heavy atom. The maximum Gasteiger partial charge on any atom is 0.220 e. The molecule has 1 saturated heterocycles. The van der Waals surface area contributed by atoms with E-state index in [0.717, 1.165) is 25.7 Å².